The highest BCUT2D eigenvalue weighted by molar-refractivity contribution is 6.74. The molecule has 8 heteroatoms. The lowest BCUT2D eigenvalue weighted by Gasteiger charge is -2.45. The van der Waals surface area contributed by atoms with Gasteiger partial charge in [-0.2, -0.15) is 0 Å². The monoisotopic (exact) mass is 411 g/mol. The van der Waals surface area contributed by atoms with Crippen LogP contribution in [-0.4, -0.2) is 56.0 Å². The maximum absolute atomic E-state index is 12.4. The summed E-state index contributed by atoms with van der Waals surface area (Å²) in [5, 5.41) is 0.0992. The highest BCUT2D eigenvalue weighted by atomic mass is 28.4. The van der Waals surface area contributed by atoms with Gasteiger partial charge in [-0.05, 0) is 38.9 Å². The first-order chi connectivity index (χ1) is 12.6. The van der Waals surface area contributed by atoms with Gasteiger partial charge in [0.1, 0.15) is 5.60 Å². The van der Waals surface area contributed by atoms with Crippen LogP contribution in [0.5, 0.6) is 0 Å². The maximum Gasteiger partial charge on any atom is 0.511 e. The van der Waals surface area contributed by atoms with Crippen molar-refractivity contribution in [1.82, 2.24) is 4.90 Å². The van der Waals surface area contributed by atoms with E-state index in [1.54, 1.807) is 20.8 Å². The molecule has 1 amide bonds. The molecular formula is C20H33NO6Si. The van der Waals surface area contributed by atoms with Gasteiger partial charge in [-0.25, -0.2) is 9.59 Å². The molecule has 2 unspecified atom stereocenters. The minimum Gasteiger partial charge on any atom is -0.444 e. The zero-order chi connectivity index (χ0) is 21.4. The molecule has 0 aromatic heterocycles. The van der Waals surface area contributed by atoms with Crippen LogP contribution in [0.2, 0.25) is 18.1 Å². The third kappa shape index (κ3) is 5.42. The molecule has 0 aromatic carbocycles. The molecule has 2 rings (SSSR count). The molecule has 2 fully saturated rings. The maximum atomic E-state index is 12.4. The Morgan fingerprint density at radius 1 is 1.29 bits per heavy atom. The molecule has 0 N–H and O–H groups in total. The van der Waals surface area contributed by atoms with Crippen LogP contribution in [0.3, 0.4) is 0 Å². The van der Waals surface area contributed by atoms with Crippen LogP contribution in [0, 0.1) is 11.8 Å². The van der Waals surface area contributed by atoms with E-state index < -0.39 is 38.0 Å². The molecule has 158 valence electrons. The lowest BCUT2D eigenvalue weighted by molar-refractivity contribution is -0.163. The Morgan fingerprint density at radius 3 is 2.50 bits per heavy atom. The molecule has 2 aliphatic rings. The van der Waals surface area contributed by atoms with Gasteiger partial charge in [-0.15, -0.1) is 0 Å². The smallest absolute Gasteiger partial charge is 0.444 e. The van der Waals surface area contributed by atoms with Crippen molar-refractivity contribution in [2.75, 3.05) is 13.2 Å². The van der Waals surface area contributed by atoms with Gasteiger partial charge in [0.15, 0.2) is 20.1 Å². The van der Waals surface area contributed by atoms with Gasteiger partial charge >= 0.3 is 12.2 Å². The molecule has 0 spiro atoms. The second-order valence-electron chi connectivity index (χ2n) is 9.90. The fourth-order valence-corrected chi connectivity index (χ4v) is 3.60. The van der Waals surface area contributed by atoms with Crippen molar-refractivity contribution in [2.24, 2.45) is 0 Å². The average molecular weight is 412 g/mol. The van der Waals surface area contributed by atoms with E-state index in [-0.39, 0.29) is 11.6 Å². The van der Waals surface area contributed by atoms with Crippen molar-refractivity contribution in [2.45, 2.75) is 89.9 Å². The lowest BCUT2D eigenvalue weighted by atomic mass is 9.90. The van der Waals surface area contributed by atoms with Crippen LogP contribution in [-0.2, 0) is 18.6 Å². The predicted octanol–water partition coefficient (Wildman–Crippen LogP) is 4.27. The van der Waals surface area contributed by atoms with Gasteiger partial charge in [0, 0.05) is 13.0 Å². The van der Waals surface area contributed by atoms with Crippen molar-refractivity contribution in [1.29, 1.82) is 0 Å². The topological polar surface area (TPSA) is 74.3 Å². The molecule has 7 nitrogen and oxygen atoms in total. The van der Waals surface area contributed by atoms with Crippen LogP contribution >= 0.6 is 0 Å². The molecule has 0 aliphatic carbocycles. The highest BCUT2D eigenvalue weighted by Gasteiger charge is 2.50. The Balaban J connectivity index is 2.06. The molecule has 0 aromatic rings. The van der Waals surface area contributed by atoms with E-state index in [0.717, 1.165) is 0 Å². The summed E-state index contributed by atoms with van der Waals surface area (Å²) >= 11 is 0. The number of fused-ring (bicyclic) bond motifs is 2. The SMILES string of the molecule is CC(C)(C)OC(=O)N1CCC2(C#CCO[Si](C)(C)C(C)(C)C)CC1OC(=O)O2. The van der Waals surface area contributed by atoms with Gasteiger partial charge in [0.2, 0.25) is 0 Å². The third-order valence-electron chi connectivity index (χ3n) is 5.38. The number of hydrogen-bond acceptors (Lipinski definition) is 6. The van der Waals surface area contributed by atoms with Crippen LogP contribution in [0.15, 0.2) is 0 Å². The third-order valence-corrected chi connectivity index (χ3v) is 9.85. The number of carbonyl (C=O) groups is 2. The van der Waals surface area contributed by atoms with E-state index in [4.69, 9.17) is 18.6 Å². The second-order valence-corrected chi connectivity index (χ2v) is 14.7. The Morgan fingerprint density at radius 2 is 1.93 bits per heavy atom. The first-order valence-electron chi connectivity index (χ1n) is 9.67. The van der Waals surface area contributed by atoms with Crippen LogP contribution in [0.25, 0.3) is 0 Å². The Labute approximate surface area is 169 Å². The summed E-state index contributed by atoms with van der Waals surface area (Å²) in [7, 11) is -1.89. The zero-order valence-corrected chi connectivity index (χ0v) is 19.3. The van der Waals surface area contributed by atoms with Crippen LogP contribution < -0.4 is 0 Å². The molecular weight excluding hydrogens is 378 g/mol. The number of piperidine rings is 1. The van der Waals surface area contributed by atoms with Gasteiger partial charge in [-0.3, -0.25) is 4.90 Å². The summed E-state index contributed by atoms with van der Waals surface area (Å²) < 4.78 is 22.1. The summed E-state index contributed by atoms with van der Waals surface area (Å²) in [5.41, 5.74) is -1.57. The molecule has 2 heterocycles. The van der Waals surface area contributed by atoms with Crippen molar-refractivity contribution in [3.8, 4) is 11.8 Å². The number of nitrogens with zero attached hydrogens (tertiary/aromatic N) is 1. The van der Waals surface area contributed by atoms with Crippen molar-refractivity contribution in [3.05, 3.63) is 0 Å². The van der Waals surface area contributed by atoms with Gasteiger partial charge in [0.05, 0.1) is 13.0 Å². The van der Waals surface area contributed by atoms with E-state index in [1.807, 2.05) is 0 Å². The summed E-state index contributed by atoms with van der Waals surface area (Å²) in [4.78, 5) is 25.8. The standard InChI is InChI=1S/C20H33NO6Si/c1-18(2,3)26-16(22)21-12-11-20(14-15(21)25-17(23)27-20)10-9-13-24-28(7,8)19(4,5)6/h15H,11-14H2,1-8H3. The summed E-state index contributed by atoms with van der Waals surface area (Å²) in [5.74, 6) is 6.10. The van der Waals surface area contributed by atoms with Crippen LogP contribution in [0.1, 0.15) is 54.4 Å². The average Bonchev–Trinajstić information content (AvgIpc) is 2.48. The van der Waals surface area contributed by atoms with E-state index >= 15 is 0 Å². The van der Waals surface area contributed by atoms with Gasteiger partial charge in [-0.1, -0.05) is 32.6 Å². The summed E-state index contributed by atoms with van der Waals surface area (Å²) in [6.45, 7) is 16.8. The number of amides is 1. The fraction of sp³-hybridized carbons (Fsp3) is 0.800. The van der Waals surface area contributed by atoms with Gasteiger partial charge < -0.3 is 18.6 Å². The first-order valence-corrected chi connectivity index (χ1v) is 12.6. The van der Waals surface area contributed by atoms with E-state index in [0.29, 0.717) is 19.4 Å². The second kappa shape index (κ2) is 7.60. The van der Waals surface area contributed by atoms with E-state index in [1.165, 1.54) is 4.90 Å². The highest BCUT2D eigenvalue weighted by Crippen LogP contribution is 2.37. The Hall–Kier alpha value is -1.72. The largest absolute Gasteiger partial charge is 0.511 e. The molecule has 2 aliphatic heterocycles. The summed E-state index contributed by atoms with van der Waals surface area (Å²) in [6, 6.07) is 0. The lowest BCUT2D eigenvalue weighted by Crippen LogP contribution is -2.59. The Kier molecular flexibility index (Phi) is 6.12. The molecule has 2 bridgehead atoms. The summed E-state index contributed by atoms with van der Waals surface area (Å²) in [6.07, 6.45) is -1.35. The molecule has 2 atom stereocenters. The number of carbonyl (C=O) groups excluding carboxylic acids is 2. The number of ether oxygens (including phenoxy) is 3. The van der Waals surface area contributed by atoms with E-state index in [9.17, 15) is 9.59 Å². The number of hydrogen-bond donors (Lipinski definition) is 0. The number of rotatable bonds is 2. The molecule has 28 heavy (non-hydrogen) atoms. The van der Waals surface area contributed by atoms with Crippen molar-refractivity contribution >= 4 is 20.6 Å². The Bertz CT molecular complexity index is 682. The van der Waals surface area contributed by atoms with Crippen molar-refractivity contribution < 1.29 is 28.2 Å². The first kappa shape index (κ1) is 22.6. The zero-order valence-electron chi connectivity index (χ0n) is 18.3. The van der Waals surface area contributed by atoms with Crippen LogP contribution in [0.4, 0.5) is 9.59 Å². The fourth-order valence-electron chi connectivity index (χ4n) is 2.73. The predicted molar refractivity (Wildman–Crippen MR) is 107 cm³/mol. The minimum atomic E-state index is -1.89. The van der Waals surface area contributed by atoms with Gasteiger partial charge in [0.25, 0.3) is 0 Å². The molecule has 2 saturated heterocycles. The van der Waals surface area contributed by atoms with Crippen molar-refractivity contribution in [3.63, 3.8) is 0 Å². The number of likely N-dealkylation sites (tertiary alicyclic amines) is 1. The quantitative estimate of drug-likeness (QED) is 0.384. The molecule has 0 radical (unpaired) electrons. The molecule has 0 saturated carbocycles. The normalized spacial score (nSPS) is 25.2. The van der Waals surface area contributed by atoms with E-state index in [2.05, 4.69) is 45.7 Å². The minimum absolute atomic E-state index is 0.0992.